The van der Waals surface area contributed by atoms with Crippen LogP contribution in [0.1, 0.15) is 53.9 Å². The summed E-state index contributed by atoms with van der Waals surface area (Å²) in [7, 11) is 1.41. The van der Waals surface area contributed by atoms with E-state index >= 15 is 0 Å². The Kier molecular flexibility index (Phi) is 6.86. The molecule has 1 fully saturated rings. The molecule has 1 aliphatic rings. The van der Waals surface area contributed by atoms with Gasteiger partial charge in [0.15, 0.2) is 0 Å². The summed E-state index contributed by atoms with van der Waals surface area (Å²) in [5.41, 5.74) is 2.86. The summed E-state index contributed by atoms with van der Waals surface area (Å²) in [5.74, 6) is 0.892. The van der Waals surface area contributed by atoms with Crippen LogP contribution < -0.4 is 5.32 Å². The summed E-state index contributed by atoms with van der Waals surface area (Å²) in [6.45, 7) is 0. The molecule has 0 radical (unpaired) electrons. The number of benzene rings is 2. The van der Waals surface area contributed by atoms with Crippen molar-refractivity contribution in [1.29, 1.82) is 0 Å². The highest BCUT2D eigenvalue weighted by Gasteiger charge is 2.23. The van der Waals surface area contributed by atoms with E-state index in [4.69, 9.17) is 28.6 Å². The lowest BCUT2D eigenvalue weighted by molar-refractivity contribution is 0.0600. The second kappa shape index (κ2) is 9.34. The predicted molar refractivity (Wildman–Crippen MR) is 115 cm³/mol. The monoisotopic (exact) mass is 401 g/mol. The van der Waals surface area contributed by atoms with Gasteiger partial charge in [0.25, 0.3) is 0 Å². The van der Waals surface area contributed by atoms with Crippen LogP contribution in [0.3, 0.4) is 0 Å². The highest BCUT2D eigenvalue weighted by Crippen LogP contribution is 2.37. The molecule has 3 rings (SSSR count). The van der Waals surface area contributed by atoms with Gasteiger partial charge in [0.1, 0.15) is 0 Å². The first kappa shape index (κ1) is 19.8. The fourth-order valence-electron chi connectivity index (χ4n) is 3.75. The molecule has 142 valence electrons. The van der Waals surface area contributed by atoms with Crippen LogP contribution in [-0.2, 0) is 4.74 Å². The SMILES string of the molecule is COC(=O)c1ccc([C@H]2CC[C@@H](CC(=S)Nc3cccc(Cl)c3)CC2)cc1. The minimum Gasteiger partial charge on any atom is -0.465 e. The van der Waals surface area contributed by atoms with Gasteiger partial charge in [-0.2, -0.15) is 0 Å². The average Bonchev–Trinajstić information content (AvgIpc) is 2.68. The first-order valence-electron chi connectivity index (χ1n) is 9.29. The maximum absolute atomic E-state index is 11.5. The number of ether oxygens (including phenoxy) is 1. The normalized spacial score (nSPS) is 19.3. The molecule has 0 spiro atoms. The van der Waals surface area contributed by atoms with Gasteiger partial charge in [0.2, 0.25) is 0 Å². The molecule has 2 aromatic carbocycles. The van der Waals surface area contributed by atoms with E-state index in [1.165, 1.54) is 25.5 Å². The zero-order chi connectivity index (χ0) is 19.2. The Morgan fingerprint density at radius 2 is 1.85 bits per heavy atom. The standard InChI is InChI=1S/C22H24ClNO2S/c1-26-22(25)18-11-9-17(10-12-18)16-7-5-15(6-8-16)13-21(27)24-20-4-2-3-19(23)14-20/h2-4,9-12,14-16H,5-8,13H2,1H3,(H,24,27)/t15-,16+. The summed E-state index contributed by atoms with van der Waals surface area (Å²) >= 11 is 11.6. The molecule has 0 amide bonds. The molecular weight excluding hydrogens is 378 g/mol. The number of nitrogens with one attached hydrogen (secondary N) is 1. The molecule has 0 aliphatic heterocycles. The summed E-state index contributed by atoms with van der Waals surface area (Å²) in [4.78, 5) is 12.4. The molecule has 0 unspecified atom stereocenters. The van der Waals surface area contributed by atoms with Crippen molar-refractivity contribution < 1.29 is 9.53 Å². The lowest BCUT2D eigenvalue weighted by atomic mass is 9.77. The van der Waals surface area contributed by atoms with Crippen LogP contribution in [0.15, 0.2) is 48.5 Å². The number of carbonyl (C=O) groups is 1. The number of thiocarbonyl (C=S) groups is 1. The van der Waals surface area contributed by atoms with Gasteiger partial charge in [-0.1, -0.05) is 42.0 Å². The topological polar surface area (TPSA) is 38.3 Å². The van der Waals surface area contributed by atoms with E-state index in [1.807, 2.05) is 36.4 Å². The number of anilines is 1. The molecule has 0 bridgehead atoms. The molecule has 2 aromatic rings. The third kappa shape index (κ3) is 5.53. The Balaban J connectivity index is 1.48. The highest BCUT2D eigenvalue weighted by atomic mass is 35.5. The number of halogens is 1. The number of methoxy groups -OCH3 is 1. The number of esters is 1. The Bertz CT molecular complexity index is 798. The molecular formula is C22H24ClNO2S. The van der Waals surface area contributed by atoms with Crippen molar-refractivity contribution in [2.24, 2.45) is 5.92 Å². The summed E-state index contributed by atoms with van der Waals surface area (Å²) < 4.78 is 4.76. The zero-order valence-electron chi connectivity index (χ0n) is 15.4. The maximum atomic E-state index is 11.5. The lowest BCUT2D eigenvalue weighted by Crippen LogP contribution is -2.19. The van der Waals surface area contributed by atoms with Crippen LogP contribution in [0.5, 0.6) is 0 Å². The van der Waals surface area contributed by atoms with Gasteiger partial charge < -0.3 is 10.1 Å². The molecule has 0 atom stereocenters. The minimum atomic E-state index is -0.286. The van der Waals surface area contributed by atoms with E-state index in [0.29, 0.717) is 22.4 Å². The van der Waals surface area contributed by atoms with E-state index < -0.39 is 0 Å². The van der Waals surface area contributed by atoms with Gasteiger partial charge in [-0.3, -0.25) is 0 Å². The molecule has 1 N–H and O–H groups in total. The Hall–Kier alpha value is -1.91. The average molecular weight is 402 g/mol. The Morgan fingerprint density at radius 3 is 2.48 bits per heavy atom. The van der Waals surface area contributed by atoms with Crippen LogP contribution in [-0.4, -0.2) is 18.1 Å². The van der Waals surface area contributed by atoms with E-state index in [1.54, 1.807) is 0 Å². The van der Waals surface area contributed by atoms with Crippen LogP contribution in [0.4, 0.5) is 5.69 Å². The summed E-state index contributed by atoms with van der Waals surface area (Å²) in [6.07, 6.45) is 5.56. The molecule has 0 saturated heterocycles. The molecule has 0 aromatic heterocycles. The van der Waals surface area contributed by atoms with Gasteiger partial charge in [0, 0.05) is 17.1 Å². The van der Waals surface area contributed by atoms with E-state index in [0.717, 1.165) is 29.9 Å². The van der Waals surface area contributed by atoms with Crippen LogP contribution >= 0.6 is 23.8 Å². The molecule has 1 aliphatic carbocycles. The second-order valence-electron chi connectivity index (χ2n) is 7.09. The van der Waals surface area contributed by atoms with E-state index in [9.17, 15) is 4.79 Å². The molecule has 5 heteroatoms. The van der Waals surface area contributed by atoms with Crippen LogP contribution in [0.25, 0.3) is 0 Å². The smallest absolute Gasteiger partial charge is 0.337 e. The lowest BCUT2D eigenvalue weighted by Gasteiger charge is -2.29. The molecule has 0 heterocycles. The molecule has 27 heavy (non-hydrogen) atoms. The first-order chi connectivity index (χ1) is 13.0. The largest absolute Gasteiger partial charge is 0.465 e. The van der Waals surface area contributed by atoms with Crippen LogP contribution in [0, 0.1) is 5.92 Å². The van der Waals surface area contributed by atoms with Gasteiger partial charge in [-0.15, -0.1) is 0 Å². The molecule has 3 nitrogen and oxygen atoms in total. The van der Waals surface area contributed by atoms with Crippen LogP contribution in [0.2, 0.25) is 5.02 Å². The van der Waals surface area contributed by atoms with Gasteiger partial charge >= 0.3 is 5.97 Å². The van der Waals surface area contributed by atoms with Gasteiger partial charge in [-0.05, 0) is 73.4 Å². The molecule has 1 saturated carbocycles. The Morgan fingerprint density at radius 1 is 1.15 bits per heavy atom. The van der Waals surface area contributed by atoms with Crippen molar-refractivity contribution in [1.82, 2.24) is 0 Å². The maximum Gasteiger partial charge on any atom is 0.337 e. The number of carbonyl (C=O) groups excluding carboxylic acids is 1. The third-order valence-electron chi connectivity index (χ3n) is 5.23. The third-order valence-corrected chi connectivity index (χ3v) is 5.74. The van der Waals surface area contributed by atoms with Gasteiger partial charge in [-0.25, -0.2) is 4.79 Å². The fourth-order valence-corrected chi connectivity index (χ4v) is 4.29. The summed E-state index contributed by atoms with van der Waals surface area (Å²) in [6, 6.07) is 15.5. The number of rotatable bonds is 5. The van der Waals surface area contributed by atoms with Crippen molar-refractivity contribution in [3.05, 3.63) is 64.7 Å². The quantitative estimate of drug-likeness (QED) is 0.476. The van der Waals surface area contributed by atoms with Crippen molar-refractivity contribution in [2.75, 3.05) is 12.4 Å². The number of hydrogen-bond acceptors (Lipinski definition) is 3. The summed E-state index contributed by atoms with van der Waals surface area (Å²) in [5, 5.41) is 4.01. The van der Waals surface area contributed by atoms with E-state index in [2.05, 4.69) is 17.4 Å². The highest BCUT2D eigenvalue weighted by molar-refractivity contribution is 7.80. The number of hydrogen-bond donors (Lipinski definition) is 1. The van der Waals surface area contributed by atoms with Crippen molar-refractivity contribution in [3.63, 3.8) is 0 Å². The Labute approximate surface area is 171 Å². The predicted octanol–water partition coefficient (Wildman–Crippen LogP) is 6.23. The van der Waals surface area contributed by atoms with Crippen molar-refractivity contribution >= 4 is 40.5 Å². The zero-order valence-corrected chi connectivity index (χ0v) is 17.0. The first-order valence-corrected chi connectivity index (χ1v) is 10.1. The fraction of sp³-hybridized carbons (Fsp3) is 0.364. The van der Waals surface area contributed by atoms with Crippen molar-refractivity contribution in [2.45, 2.75) is 38.0 Å². The van der Waals surface area contributed by atoms with E-state index in [-0.39, 0.29) is 5.97 Å². The van der Waals surface area contributed by atoms with Gasteiger partial charge in [0.05, 0.1) is 17.7 Å². The minimum absolute atomic E-state index is 0.286. The van der Waals surface area contributed by atoms with Crippen molar-refractivity contribution in [3.8, 4) is 0 Å². The second-order valence-corrected chi connectivity index (χ2v) is 8.02.